The van der Waals surface area contributed by atoms with Crippen LogP contribution < -0.4 is 0 Å². The summed E-state index contributed by atoms with van der Waals surface area (Å²) in [5, 5.41) is 18.0. The first-order chi connectivity index (χ1) is 7.77. The zero-order valence-electron chi connectivity index (χ0n) is 9.06. The molecule has 84 valence electrons. The number of nitriles is 2. The number of fused-ring (bicyclic) bond motifs is 1. The van der Waals surface area contributed by atoms with Gasteiger partial charge in [0.25, 0.3) is 0 Å². The van der Waals surface area contributed by atoms with Crippen LogP contribution in [0.25, 0.3) is 0 Å². The summed E-state index contributed by atoms with van der Waals surface area (Å²) in [4.78, 5) is 0. The second kappa shape index (κ2) is 3.45. The van der Waals surface area contributed by atoms with E-state index in [1.165, 1.54) is 0 Å². The summed E-state index contributed by atoms with van der Waals surface area (Å²) >= 11 is 0. The van der Waals surface area contributed by atoms with Gasteiger partial charge < -0.3 is 9.47 Å². The highest BCUT2D eigenvalue weighted by Gasteiger charge is 2.61. The van der Waals surface area contributed by atoms with Crippen LogP contribution in [0.5, 0.6) is 0 Å². The van der Waals surface area contributed by atoms with Gasteiger partial charge in [0.1, 0.15) is 0 Å². The summed E-state index contributed by atoms with van der Waals surface area (Å²) in [6.07, 6.45) is 4.14. The monoisotopic (exact) mass is 218 g/mol. The van der Waals surface area contributed by atoms with E-state index in [1.807, 2.05) is 0 Å². The van der Waals surface area contributed by atoms with Gasteiger partial charge >= 0.3 is 0 Å². The number of epoxide rings is 2. The number of rotatable bonds is 3. The van der Waals surface area contributed by atoms with Crippen LogP contribution in [-0.4, -0.2) is 24.4 Å². The summed E-state index contributed by atoms with van der Waals surface area (Å²) in [7, 11) is 0. The predicted molar refractivity (Wildman–Crippen MR) is 54.0 cm³/mol. The number of ether oxygens (including phenoxy) is 2. The highest BCUT2D eigenvalue weighted by atomic mass is 16.6. The quantitative estimate of drug-likeness (QED) is 0.671. The van der Waals surface area contributed by atoms with Gasteiger partial charge in [-0.2, -0.15) is 10.5 Å². The highest BCUT2D eigenvalue weighted by Crippen LogP contribution is 2.54. The Balaban J connectivity index is 1.63. The third-order valence-electron chi connectivity index (χ3n) is 4.05. The topological polar surface area (TPSA) is 72.6 Å². The molecule has 1 saturated carbocycles. The van der Waals surface area contributed by atoms with Gasteiger partial charge in [0.15, 0.2) is 0 Å². The molecule has 2 heterocycles. The largest absolute Gasteiger partial charge is 0.373 e. The second-order valence-electron chi connectivity index (χ2n) is 5.08. The van der Waals surface area contributed by atoms with Crippen molar-refractivity contribution in [2.45, 2.75) is 43.5 Å². The maximum Gasteiger partial charge on any atom is 0.0962 e. The minimum Gasteiger partial charge on any atom is -0.373 e. The van der Waals surface area contributed by atoms with Gasteiger partial charge in [0.05, 0.1) is 48.4 Å². The van der Waals surface area contributed by atoms with Crippen molar-refractivity contribution in [2.24, 2.45) is 11.8 Å². The molecule has 0 spiro atoms. The van der Waals surface area contributed by atoms with Gasteiger partial charge in [-0.25, -0.2) is 0 Å². The van der Waals surface area contributed by atoms with E-state index in [0.29, 0.717) is 6.10 Å². The number of nitrogens with zero attached hydrogens (tertiary/aromatic N) is 2. The van der Waals surface area contributed by atoms with E-state index >= 15 is 0 Å². The molecule has 4 heteroatoms. The maximum absolute atomic E-state index is 9.05. The van der Waals surface area contributed by atoms with E-state index in [9.17, 15) is 0 Å². The average molecular weight is 218 g/mol. The molecule has 0 amide bonds. The molecule has 2 saturated heterocycles. The molecule has 0 aromatic heterocycles. The fourth-order valence-electron chi connectivity index (χ4n) is 2.84. The molecule has 3 fully saturated rings. The van der Waals surface area contributed by atoms with Crippen molar-refractivity contribution >= 4 is 0 Å². The van der Waals surface area contributed by atoms with Crippen LogP contribution in [0.1, 0.15) is 25.7 Å². The second-order valence-corrected chi connectivity index (χ2v) is 5.08. The van der Waals surface area contributed by atoms with Gasteiger partial charge in [0, 0.05) is 0 Å². The van der Waals surface area contributed by atoms with Gasteiger partial charge in [-0.1, -0.05) is 0 Å². The normalized spacial score (nSPS) is 48.6. The summed E-state index contributed by atoms with van der Waals surface area (Å²) in [6.45, 7) is 0.878. The van der Waals surface area contributed by atoms with Crippen molar-refractivity contribution in [3.8, 4) is 12.1 Å². The van der Waals surface area contributed by atoms with Crippen LogP contribution in [-0.2, 0) is 9.47 Å². The van der Waals surface area contributed by atoms with Crippen LogP contribution in [0.15, 0.2) is 0 Å². The standard InChI is InChI=1S/C12H14N2O2/c13-5-8-3-11-12(16-11,4-9(8)6-14)2-1-10-7-15-10/h8-11H,1-4,7H2. The van der Waals surface area contributed by atoms with Crippen molar-refractivity contribution in [1.29, 1.82) is 10.5 Å². The SMILES string of the molecule is N#CC1CC2OC2(CCC2CO2)CC1C#N. The molecular weight excluding hydrogens is 204 g/mol. The predicted octanol–water partition coefficient (Wildman–Crippen LogP) is 1.38. The molecule has 3 rings (SSSR count). The molecule has 0 aromatic carbocycles. The summed E-state index contributed by atoms with van der Waals surface area (Å²) in [5.74, 6) is -0.285. The lowest BCUT2D eigenvalue weighted by Crippen LogP contribution is -2.31. The zero-order chi connectivity index (χ0) is 11.2. The van der Waals surface area contributed by atoms with Crippen molar-refractivity contribution in [2.75, 3.05) is 6.61 Å². The molecule has 0 aromatic rings. The molecule has 0 radical (unpaired) electrons. The molecule has 16 heavy (non-hydrogen) atoms. The van der Waals surface area contributed by atoms with Crippen LogP contribution in [0, 0.1) is 34.5 Å². The van der Waals surface area contributed by atoms with E-state index in [4.69, 9.17) is 20.0 Å². The van der Waals surface area contributed by atoms with Crippen LogP contribution >= 0.6 is 0 Å². The number of hydrogen-bond acceptors (Lipinski definition) is 4. The Bertz CT molecular complexity index is 379. The molecule has 4 nitrogen and oxygen atoms in total. The Labute approximate surface area is 94.7 Å². The van der Waals surface area contributed by atoms with Crippen molar-refractivity contribution in [3.63, 3.8) is 0 Å². The molecule has 5 unspecified atom stereocenters. The van der Waals surface area contributed by atoms with Crippen molar-refractivity contribution < 1.29 is 9.47 Å². The average Bonchev–Trinajstić information content (AvgIpc) is 3.18. The van der Waals surface area contributed by atoms with Gasteiger partial charge in [0.2, 0.25) is 0 Å². The summed E-state index contributed by atoms with van der Waals surface area (Å²) in [6, 6.07) is 4.49. The lowest BCUT2D eigenvalue weighted by atomic mass is 9.73. The van der Waals surface area contributed by atoms with Gasteiger partial charge in [-0.15, -0.1) is 0 Å². The Hall–Kier alpha value is -1.10. The lowest BCUT2D eigenvalue weighted by Gasteiger charge is -2.24. The van der Waals surface area contributed by atoms with Gasteiger partial charge in [-0.3, -0.25) is 0 Å². The van der Waals surface area contributed by atoms with Crippen LogP contribution in [0.2, 0.25) is 0 Å². The Morgan fingerprint density at radius 2 is 2.00 bits per heavy atom. The van der Waals surface area contributed by atoms with E-state index in [0.717, 1.165) is 32.3 Å². The molecule has 5 atom stereocenters. The summed E-state index contributed by atoms with van der Waals surface area (Å²) < 4.78 is 10.9. The molecule has 3 aliphatic rings. The van der Waals surface area contributed by atoms with Crippen molar-refractivity contribution in [3.05, 3.63) is 0 Å². The molecule has 0 bridgehead atoms. The Morgan fingerprint density at radius 3 is 2.62 bits per heavy atom. The Kier molecular flexibility index (Phi) is 2.17. The van der Waals surface area contributed by atoms with Crippen molar-refractivity contribution in [1.82, 2.24) is 0 Å². The summed E-state index contributed by atoms with van der Waals surface area (Å²) in [5.41, 5.74) is -0.0836. The van der Waals surface area contributed by atoms with Gasteiger partial charge in [-0.05, 0) is 25.7 Å². The highest BCUT2D eigenvalue weighted by molar-refractivity contribution is 5.16. The van der Waals surface area contributed by atoms with E-state index in [-0.39, 0.29) is 23.5 Å². The van der Waals surface area contributed by atoms with E-state index in [2.05, 4.69) is 12.1 Å². The Morgan fingerprint density at radius 1 is 1.25 bits per heavy atom. The first kappa shape index (κ1) is 10.1. The minimum absolute atomic E-state index is 0.0836. The third-order valence-corrected chi connectivity index (χ3v) is 4.05. The molecule has 0 N–H and O–H groups in total. The maximum atomic E-state index is 9.05. The first-order valence-electron chi connectivity index (χ1n) is 5.86. The lowest BCUT2D eigenvalue weighted by molar-refractivity contribution is 0.237. The minimum atomic E-state index is -0.149. The fourth-order valence-corrected chi connectivity index (χ4v) is 2.84. The molecule has 1 aliphatic carbocycles. The molecular formula is C12H14N2O2. The third kappa shape index (κ3) is 1.59. The first-order valence-corrected chi connectivity index (χ1v) is 5.86. The smallest absolute Gasteiger partial charge is 0.0962 e. The van der Waals surface area contributed by atoms with Crippen LogP contribution in [0.3, 0.4) is 0 Å². The van der Waals surface area contributed by atoms with E-state index in [1.54, 1.807) is 0 Å². The molecule has 2 aliphatic heterocycles. The van der Waals surface area contributed by atoms with E-state index < -0.39 is 0 Å². The van der Waals surface area contributed by atoms with Crippen LogP contribution in [0.4, 0.5) is 0 Å². The fraction of sp³-hybridized carbons (Fsp3) is 0.833. The number of hydrogen-bond donors (Lipinski definition) is 0. The zero-order valence-corrected chi connectivity index (χ0v) is 9.06.